The van der Waals surface area contributed by atoms with Crippen LogP contribution >= 0.6 is 0 Å². The van der Waals surface area contributed by atoms with Crippen LogP contribution < -0.4 is 15.4 Å². The number of carbonyl (C=O) groups excluding carboxylic acids is 2. The fourth-order valence-corrected chi connectivity index (χ4v) is 3.29. The summed E-state index contributed by atoms with van der Waals surface area (Å²) in [6.45, 7) is 3.44. The molecule has 1 aromatic carbocycles. The first-order valence-corrected chi connectivity index (χ1v) is 8.39. The van der Waals surface area contributed by atoms with Crippen LogP contribution in [-0.4, -0.2) is 17.4 Å². The van der Waals surface area contributed by atoms with Crippen LogP contribution in [0.25, 0.3) is 0 Å². The van der Waals surface area contributed by atoms with Crippen molar-refractivity contribution in [2.24, 2.45) is 5.92 Å². The number of hydrogen-bond donors (Lipinski definition) is 2. The van der Waals surface area contributed by atoms with Crippen molar-refractivity contribution in [1.29, 1.82) is 0 Å². The summed E-state index contributed by atoms with van der Waals surface area (Å²) in [6, 6.07) is 5.41. The molecule has 0 aromatic heterocycles. The molecule has 1 aromatic rings. The van der Waals surface area contributed by atoms with E-state index in [2.05, 4.69) is 10.6 Å². The lowest BCUT2D eigenvalue weighted by Gasteiger charge is -2.32. The minimum Gasteiger partial charge on any atom is -0.476 e. The Hall–Kier alpha value is -2.04. The Kier molecular flexibility index (Phi) is 4.28. The SMILES string of the molecule is CC1(C)Oc2cccc(NC(=O)CC3CCCCC3)c2NC1=O. The van der Waals surface area contributed by atoms with Gasteiger partial charge in [-0.1, -0.05) is 25.3 Å². The number of nitrogens with one attached hydrogen (secondary N) is 2. The van der Waals surface area contributed by atoms with E-state index in [4.69, 9.17) is 4.74 Å². The molecule has 2 N–H and O–H groups in total. The Bertz CT molecular complexity index is 619. The maximum absolute atomic E-state index is 12.3. The normalized spacial score (nSPS) is 20.2. The van der Waals surface area contributed by atoms with Gasteiger partial charge in [0, 0.05) is 6.42 Å². The maximum Gasteiger partial charge on any atom is 0.268 e. The van der Waals surface area contributed by atoms with Gasteiger partial charge >= 0.3 is 0 Å². The highest BCUT2D eigenvalue weighted by Crippen LogP contribution is 2.39. The van der Waals surface area contributed by atoms with E-state index in [9.17, 15) is 9.59 Å². The molecule has 0 bridgehead atoms. The molecule has 1 aliphatic heterocycles. The molecule has 23 heavy (non-hydrogen) atoms. The lowest BCUT2D eigenvalue weighted by atomic mass is 9.87. The number of ether oxygens (including phenoxy) is 1. The number of amides is 2. The molecular formula is C18H24N2O3. The summed E-state index contributed by atoms with van der Waals surface area (Å²) in [4.78, 5) is 24.4. The summed E-state index contributed by atoms with van der Waals surface area (Å²) in [5.41, 5.74) is 0.249. The number of anilines is 2. The molecule has 2 amide bonds. The summed E-state index contributed by atoms with van der Waals surface area (Å²) in [7, 11) is 0. The van der Waals surface area contributed by atoms with Gasteiger partial charge in [0.05, 0.1) is 5.69 Å². The van der Waals surface area contributed by atoms with E-state index in [1.807, 2.05) is 6.07 Å². The molecule has 0 radical (unpaired) electrons. The first-order valence-electron chi connectivity index (χ1n) is 8.39. The van der Waals surface area contributed by atoms with Crippen LogP contribution in [0.2, 0.25) is 0 Å². The third-order valence-electron chi connectivity index (χ3n) is 4.65. The molecule has 0 atom stereocenters. The standard InChI is InChI=1S/C18H24N2O3/c1-18(2)17(22)20-16-13(9-6-10-14(16)23-18)19-15(21)11-12-7-4-3-5-8-12/h6,9-10,12H,3-5,7-8,11H2,1-2H3,(H,19,21)(H,20,22). The van der Waals surface area contributed by atoms with Crippen LogP contribution in [0.4, 0.5) is 11.4 Å². The van der Waals surface area contributed by atoms with E-state index >= 15 is 0 Å². The predicted octanol–water partition coefficient (Wildman–Crippen LogP) is 3.71. The molecule has 1 heterocycles. The first-order chi connectivity index (χ1) is 11.0. The van der Waals surface area contributed by atoms with Crippen LogP contribution in [-0.2, 0) is 9.59 Å². The van der Waals surface area contributed by atoms with Gasteiger partial charge in [-0.3, -0.25) is 9.59 Å². The second kappa shape index (κ2) is 6.22. The Morgan fingerprint density at radius 1 is 1.30 bits per heavy atom. The fraction of sp³-hybridized carbons (Fsp3) is 0.556. The van der Waals surface area contributed by atoms with Gasteiger partial charge in [-0.05, 0) is 44.7 Å². The zero-order valence-corrected chi connectivity index (χ0v) is 13.8. The van der Waals surface area contributed by atoms with Crippen molar-refractivity contribution in [3.63, 3.8) is 0 Å². The predicted molar refractivity (Wildman–Crippen MR) is 89.6 cm³/mol. The smallest absolute Gasteiger partial charge is 0.268 e. The molecule has 1 fully saturated rings. The topological polar surface area (TPSA) is 67.4 Å². The molecule has 0 spiro atoms. The summed E-state index contributed by atoms with van der Waals surface area (Å²) < 4.78 is 5.74. The van der Waals surface area contributed by atoms with Crippen molar-refractivity contribution in [2.75, 3.05) is 10.6 Å². The lowest BCUT2D eigenvalue weighted by Crippen LogP contribution is -2.45. The molecule has 1 aliphatic carbocycles. The van der Waals surface area contributed by atoms with Crippen molar-refractivity contribution < 1.29 is 14.3 Å². The molecule has 0 unspecified atom stereocenters. The number of para-hydroxylation sites is 1. The van der Waals surface area contributed by atoms with E-state index in [0.29, 0.717) is 29.5 Å². The molecule has 0 saturated heterocycles. The van der Waals surface area contributed by atoms with Crippen LogP contribution in [0, 0.1) is 5.92 Å². The fourth-order valence-electron chi connectivity index (χ4n) is 3.29. The lowest BCUT2D eigenvalue weighted by molar-refractivity contribution is -0.129. The van der Waals surface area contributed by atoms with Crippen molar-refractivity contribution in [3.05, 3.63) is 18.2 Å². The van der Waals surface area contributed by atoms with E-state index in [1.165, 1.54) is 19.3 Å². The Labute approximate surface area is 136 Å². The summed E-state index contributed by atoms with van der Waals surface area (Å²) in [5.74, 6) is 0.862. The van der Waals surface area contributed by atoms with Gasteiger partial charge in [-0.2, -0.15) is 0 Å². The quantitative estimate of drug-likeness (QED) is 0.893. The van der Waals surface area contributed by atoms with E-state index in [1.54, 1.807) is 26.0 Å². The zero-order chi connectivity index (χ0) is 16.4. The molecule has 3 rings (SSSR count). The molecule has 1 saturated carbocycles. The highest BCUT2D eigenvalue weighted by atomic mass is 16.5. The second-order valence-electron chi connectivity index (χ2n) is 7.00. The molecule has 2 aliphatic rings. The van der Waals surface area contributed by atoms with Gasteiger partial charge < -0.3 is 15.4 Å². The summed E-state index contributed by atoms with van der Waals surface area (Å²) in [5, 5.41) is 5.78. The van der Waals surface area contributed by atoms with Gasteiger partial charge in [0.1, 0.15) is 11.4 Å². The van der Waals surface area contributed by atoms with Gasteiger partial charge in [0.15, 0.2) is 5.60 Å². The Balaban J connectivity index is 1.71. The average Bonchev–Trinajstić information content (AvgIpc) is 2.50. The molecule has 5 heteroatoms. The van der Waals surface area contributed by atoms with Crippen LogP contribution in [0.3, 0.4) is 0 Å². The van der Waals surface area contributed by atoms with Gasteiger partial charge in [0.2, 0.25) is 5.91 Å². The minimum atomic E-state index is -0.905. The minimum absolute atomic E-state index is 0.00406. The second-order valence-corrected chi connectivity index (χ2v) is 7.00. The Morgan fingerprint density at radius 2 is 2.04 bits per heavy atom. The largest absolute Gasteiger partial charge is 0.476 e. The van der Waals surface area contributed by atoms with Crippen LogP contribution in [0.5, 0.6) is 5.75 Å². The third kappa shape index (κ3) is 3.49. The van der Waals surface area contributed by atoms with Gasteiger partial charge in [-0.15, -0.1) is 0 Å². The Morgan fingerprint density at radius 3 is 2.78 bits per heavy atom. The van der Waals surface area contributed by atoms with Crippen LogP contribution in [0.1, 0.15) is 52.4 Å². The number of rotatable bonds is 3. The maximum atomic E-state index is 12.3. The number of benzene rings is 1. The van der Waals surface area contributed by atoms with Crippen molar-refractivity contribution in [2.45, 2.75) is 58.0 Å². The van der Waals surface area contributed by atoms with E-state index < -0.39 is 5.60 Å². The van der Waals surface area contributed by atoms with Gasteiger partial charge in [-0.25, -0.2) is 0 Å². The monoisotopic (exact) mass is 316 g/mol. The first kappa shape index (κ1) is 15.8. The van der Waals surface area contributed by atoms with Crippen molar-refractivity contribution >= 4 is 23.2 Å². The zero-order valence-electron chi connectivity index (χ0n) is 13.8. The van der Waals surface area contributed by atoms with Crippen molar-refractivity contribution in [3.8, 4) is 5.75 Å². The molecule has 124 valence electrons. The molecule has 5 nitrogen and oxygen atoms in total. The highest BCUT2D eigenvalue weighted by Gasteiger charge is 2.36. The number of carbonyl (C=O) groups is 2. The van der Waals surface area contributed by atoms with Crippen molar-refractivity contribution in [1.82, 2.24) is 0 Å². The van der Waals surface area contributed by atoms with E-state index in [0.717, 1.165) is 12.8 Å². The number of fused-ring (bicyclic) bond motifs is 1. The number of hydrogen-bond acceptors (Lipinski definition) is 3. The highest BCUT2D eigenvalue weighted by molar-refractivity contribution is 6.05. The third-order valence-corrected chi connectivity index (χ3v) is 4.65. The van der Waals surface area contributed by atoms with Crippen LogP contribution in [0.15, 0.2) is 18.2 Å². The van der Waals surface area contributed by atoms with E-state index in [-0.39, 0.29) is 11.8 Å². The molecular weight excluding hydrogens is 292 g/mol. The van der Waals surface area contributed by atoms with Gasteiger partial charge in [0.25, 0.3) is 5.91 Å². The summed E-state index contributed by atoms with van der Waals surface area (Å²) in [6.07, 6.45) is 6.53. The summed E-state index contributed by atoms with van der Waals surface area (Å²) >= 11 is 0. The average molecular weight is 316 g/mol.